The van der Waals surface area contributed by atoms with Gasteiger partial charge in [0.25, 0.3) is 0 Å². The Morgan fingerprint density at radius 3 is 1.37 bits per heavy atom. The molecule has 234 valence electrons. The van der Waals surface area contributed by atoms with E-state index in [1.54, 1.807) is 0 Å². The zero-order valence-corrected chi connectivity index (χ0v) is 28.5. The summed E-state index contributed by atoms with van der Waals surface area (Å²) >= 11 is 0. The molecule has 1 nitrogen and oxygen atoms in total. The molecule has 0 amide bonds. The largest absolute Gasteiger partial charge is 0.285 e. The van der Waals surface area contributed by atoms with E-state index in [-0.39, 0.29) is 0 Å². The smallest absolute Gasteiger partial charge is 0.0256 e. The molecule has 0 bridgehead atoms. The molecule has 0 radical (unpaired) electrons. The molecule has 0 spiro atoms. The quantitative estimate of drug-likeness (QED) is 0.0897. The summed E-state index contributed by atoms with van der Waals surface area (Å²) in [6.07, 6.45) is 26.8. The first-order chi connectivity index (χ1) is 21.3. The van der Waals surface area contributed by atoms with Gasteiger partial charge in [-0.2, -0.15) is 0 Å². The summed E-state index contributed by atoms with van der Waals surface area (Å²) in [5.74, 6) is 0. The van der Waals surface area contributed by atoms with Crippen LogP contribution in [0.1, 0.15) is 139 Å². The summed E-state index contributed by atoms with van der Waals surface area (Å²) in [6, 6.07) is 28.8. The molecule has 43 heavy (non-hydrogen) atoms. The number of aryl methyl sites for hydroxylation is 2. The third-order valence-electron chi connectivity index (χ3n) is 9.34. The van der Waals surface area contributed by atoms with Crippen molar-refractivity contribution in [3.63, 3.8) is 0 Å². The fourth-order valence-electron chi connectivity index (χ4n) is 6.76. The molecule has 0 heterocycles. The lowest BCUT2D eigenvalue weighted by Gasteiger charge is -2.25. The second-order valence-electron chi connectivity index (χ2n) is 13.1. The summed E-state index contributed by atoms with van der Waals surface area (Å²) in [7, 11) is -0.608. The lowest BCUT2D eigenvalue weighted by atomic mass is 10.0. The highest BCUT2D eigenvalue weighted by atomic mass is 31.1. The molecule has 0 aromatic heterocycles. The number of unbranched alkanes of at least 4 members (excludes halogenated alkanes) is 14. The van der Waals surface area contributed by atoms with Gasteiger partial charge in [0, 0.05) is 14.1 Å². The maximum absolute atomic E-state index is 4.22. The van der Waals surface area contributed by atoms with Crippen molar-refractivity contribution < 1.29 is 0 Å². The van der Waals surface area contributed by atoms with Crippen LogP contribution in [-0.2, 0) is 25.7 Å². The molecule has 1 aliphatic carbocycles. The minimum atomic E-state index is -0.608. The zero-order chi connectivity index (χ0) is 30.0. The number of benzene rings is 3. The van der Waals surface area contributed by atoms with Crippen LogP contribution in [-0.4, -0.2) is 6.04 Å². The fourth-order valence-corrected chi connectivity index (χ4v) is 8.96. The van der Waals surface area contributed by atoms with Gasteiger partial charge in [0.15, 0.2) is 0 Å². The minimum absolute atomic E-state index is 0.510. The number of rotatable bonds is 22. The van der Waals surface area contributed by atoms with Gasteiger partial charge in [0.05, 0.1) is 0 Å². The average Bonchev–Trinajstić information content (AvgIpc) is 3.45. The zero-order valence-electron chi connectivity index (χ0n) is 27.6. The van der Waals surface area contributed by atoms with Crippen LogP contribution in [0, 0.1) is 0 Å². The second kappa shape index (κ2) is 20.2. The molecule has 0 fully saturated rings. The first-order valence-corrected chi connectivity index (χ1v) is 19.4. The van der Waals surface area contributed by atoms with Crippen molar-refractivity contribution >= 4 is 18.7 Å². The van der Waals surface area contributed by atoms with E-state index in [2.05, 4.69) is 91.7 Å². The molecule has 4 rings (SSSR count). The van der Waals surface area contributed by atoms with Gasteiger partial charge >= 0.3 is 0 Å². The molecule has 0 unspecified atom stereocenters. The molecular weight excluding hydrogens is 537 g/mol. The Morgan fingerprint density at radius 1 is 0.512 bits per heavy atom. The van der Waals surface area contributed by atoms with Crippen LogP contribution in [0.25, 0.3) is 0 Å². The molecule has 0 aliphatic heterocycles. The van der Waals surface area contributed by atoms with Gasteiger partial charge in [-0.15, -0.1) is 0 Å². The Bertz CT molecular complexity index is 1080. The summed E-state index contributed by atoms with van der Waals surface area (Å²) in [5, 5.41) is 7.20. The van der Waals surface area contributed by atoms with Gasteiger partial charge < -0.3 is 0 Å². The lowest BCUT2D eigenvalue weighted by molar-refractivity contribution is 0.575. The van der Waals surface area contributed by atoms with E-state index in [9.17, 15) is 0 Å². The Hall–Kier alpha value is -1.95. The average molecular weight is 598 g/mol. The maximum Gasteiger partial charge on any atom is 0.0256 e. The standard InChI is InChI=1S/C41H60NP/c1-3-5-7-9-11-13-15-17-23-35-25-21-29-40(31-35)43(42-39-33-37-27-19-20-28-38(37)34-39)41-30-22-26-36(32-41)24-18-16-14-12-10-8-6-4-2/h19-22,25-32,39,42H,3-18,23-24,33-34H2,1-2H3. The van der Waals surface area contributed by atoms with Crippen LogP contribution in [0.15, 0.2) is 72.8 Å². The number of fused-ring (bicyclic) bond motifs is 1. The van der Waals surface area contributed by atoms with E-state index in [4.69, 9.17) is 0 Å². The summed E-state index contributed by atoms with van der Waals surface area (Å²) in [5.41, 5.74) is 6.09. The normalized spacial score (nSPS) is 13.2. The van der Waals surface area contributed by atoms with Crippen LogP contribution in [0.3, 0.4) is 0 Å². The van der Waals surface area contributed by atoms with Crippen LogP contribution >= 0.6 is 8.07 Å². The predicted octanol–water partition coefficient (Wildman–Crippen LogP) is 11.2. The molecule has 0 atom stereocenters. The van der Waals surface area contributed by atoms with E-state index < -0.39 is 8.07 Å². The highest BCUT2D eigenvalue weighted by molar-refractivity contribution is 7.71. The molecule has 1 aliphatic rings. The van der Waals surface area contributed by atoms with Crippen LogP contribution in [0.4, 0.5) is 0 Å². The van der Waals surface area contributed by atoms with Crippen LogP contribution < -0.4 is 15.7 Å². The van der Waals surface area contributed by atoms with E-state index in [0.29, 0.717) is 6.04 Å². The monoisotopic (exact) mass is 597 g/mol. The molecular formula is C41H60NP. The molecule has 3 aromatic rings. The van der Waals surface area contributed by atoms with E-state index in [1.165, 1.54) is 148 Å². The fraction of sp³-hybridized carbons (Fsp3) is 0.561. The van der Waals surface area contributed by atoms with Crippen molar-refractivity contribution in [1.29, 1.82) is 0 Å². The number of hydrogen-bond acceptors (Lipinski definition) is 1. The van der Waals surface area contributed by atoms with E-state index in [0.717, 1.165) is 12.8 Å². The highest BCUT2D eigenvalue weighted by Crippen LogP contribution is 2.34. The summed E-state index contributed by atoms with van der Waals surface area (Å²) in [4.78, 5) is 0. The molecule has 0 saturated heterocycles. The van der Waals surface area contributed by atoms with Gasteiger partial charge in [-0.05, 0) is 83.5 Å². The van der Waals surface area contributed by atoms with Gasteiger partial charge in [-0.25, -0.2) is 0 Å². The Kier molecular flexibility index (Phi) is 15.9. The van der Waals surface area contributed by atoms with Crippen molar-refractivity contribution in [2.24, 2.45) is 0 Å². The minimum Gasteiger partial charge on any atom is -0.285 e. The second-order valence-corrected chi connectivity index (χ2v) is 15.1. The van der Waals surface area contributed by atoms with Crippen molar-refractivity contribution in [2.75, 3.05) is 0 Å². The van der Waals surface area contributed by atoms with E-state index >= 15 is 0 Å². The van der Waals surface area contributed by atoms with Crippen molar-refractivity contribution in [3.05, 3.63) is 95.1 Å². The molecule has 3 aromatic carbocycles. The summed E-state index contributed by atoms with van der Waals surface area (Å²) < 4.78 is 0. The van der Waals surface area contributed by atoms with Crippen molar-refractivity contribution in [3.8, 4) is 0 Å². The molecule has 0 saturated carbocycles. The molecule has 1 N–H and O–H groups in total. The Morgan fingerprint density at radius 2 is 0.930 bits per heavy atom. The molecule has 2 heteroatoms. The third kappa shape index (κ3) is 12.2. The number of nitrogens with one attached hydrogen (secondary N) is 1. The van der Waals surface area contributed by atoms with Crippen molar-refractivity contribution in [1.82, 2.24) is 5.09 Å². The van der Waals surface area contributed by atoms with Crippen LogP contribution in [0.2, 0.25) is 0 Å². The lowest BCUT2D eigenvalue weighted by Crippen LogP contribution is -2.33. The SMILES string of the molecule is CCCCCCCCCCc1cccc(P(NC2Cc3ccccc3C2)c2cccc(CCCCCCCCCC)c2)c1. The topological polar surface area (TPSA) is 12.0 Å². The van der Waals surface area contributed by atoms with Gasteiger partial charge in [-0.3, -0.25) is 5.09 Å². The number of hydrogen-bond donors (Lipinski definition) is 1. The van der Waals surface area contributed by atoms with Gasteiger partial charge in [-0.1, -0.05) is 164 Å². The first-order valence-electron chi connectivity index (χ1n) is 18.1. The predicted molar refractivity (Wildman–Crippen MR) is 192 cm³/mol. The maximum atomic E-state index is 4.22. The highest BCUT2D eigenvalue weighted by Gasteiger charge is 2.25. The summed E-state index contributed by atoms with van der Waals surface area (Å²) in [6.45, 7) is 4.61. The van der Waals surface area contributed by atoms with E-state index in [1.807, 2.05) is 0 Å². The Labute approximate surface area is 266 Å². The first kappa shape index (κ1) is 33.9. The third-order valence-corrected chi connectivity index (χ3v) is 11.6. The van der Waals surface area contributed by atoms with Gasteiger partial charge in [0.1, 0.15) is 0 Å². The van der Waals surface area contributed by atoms with Crippen LogP contribution in [0.5, 0.6) is 0 Å². The Balaban J connectivity index is 1.37. The van der Waals surface area contributed by atoms with Gasteiger partial charge in [0.2, 0.25) is 0 Å². The van der Waals surface area contributed by atoms with Crippen molar-refractivity contribution in [2.45, 2.75) is 148 Å².